The molecule has 0 spiro atoms. The fourth-order valence-corrected chi connectivity index (χ4v) is 3.01. The number of carbonyl (C=O) groups excluding carboxylic acids is 1. The summed E-state index contributed by atoms with van der Waals surface area (Å²) in [5.41, 5.74) is 0. The van der Waals surface area contributed by atoms with Crippen LogP contribution in [0.5, 0.6) is 0 Å². The highest BCUT2D eigenvalue weighted by molar-refractivity contribution is 5.75. The second kappa shape index (κ2) is 9.28. The van der Waals surface area contributed by atoms with Crippen LogP contribution in [0, 0.1) is 0 Å². The van der Waals surface area contributed by atoms with E-state index in [4.69, 9.17) is 28.4 Å². The van der Waals surface area contributed by atoms with Crippen molar-refractivity contribution in [3.8, 4) is 0 Å². The number of ether oxygens (including phenoxy) is 6. The van der Waals surface area contributed by atoms with Gasteiger partial charge in [-0.15, -0.1) is 0 Å². The van der Waals surface area contributed by atoms with Crippen molar-refractivity contribution in [1.82, 2.24) is 0 Å². The van der Waals surface area contributed by atoms with Crippen molar-refractivity contribution in [2.45, 2.75) is 70.2 Å². The number of rotatable bonds is 11. The van der Waals surface area contributed by atoms with E-state index in [9.17, 15) is 4.79 Å². The summed E-state index contributed by atoms with van der Waals surface area (Å²) in [6, 6.07) is 0. The fourth-order valence-electron chi connectivity index (χ4n) is 3.01. The molecule has 2 heterocycles. The summed E-state index contributed by atoms with van der Waals surface area (Å²) in [6.45, 7) is 11.0. The molecule has 0 saturated carbocycles. The van der Waals surface area contributed by atoms with Crippen LogP contribution in [0.15, 0.2) is 12.3 Å². The Morgan fingerprint density at radius 1 is 1.04 bits per heavy atom. The number of Topliss-reactive ketones (excluding diaryl/α,β-unsaturated/α-hetero) is 1. The summed E-state index contributed by atoms with van der Waals surface area (Å²) in [4.78, 5) is 11.1. The van der Waals surface area contributed by atoms with Gasteiger partial charge in [0.25, 0.3) is 0 Å². The Hall–Kier alpha value is -0.990. The molecule has 2 aliphatic rings. The SMILES string of the molecule is C=C(CCC1(C)OCC(COCC2COC(C)(CCC(C)=O)O2)O1)OC. The van der Waals surface area contributed by atoms with E-state index < -0.39 is 11.6 Å². The lowest BCUT2D eigenvalue weighted by atomic mass is 10.1. The molecule has 0 aliphatic carbocycles. The van der Waals surface area contributed by atoms with E-state index >= 15 is 0 Å². The van der Waals surface area contributed by atoms with Gasteiger partial charge in [-0.1, -0.05) is 6.58 Å². The number of hydrogen-bond donors (Lipinski definition) is 0. The van der Waals surface area contributed by atoms with Crippen LogP contribution in [-0.2, 0) is 33.2 Å². The normalized spacial score (nSPS) is 34.2. The summed E-state index contributed by atoms with van der Waals surface area (Å²) >= 11 is 0. The second-order valence-corrected chi connectivity index (χ2v) is 7.35. The molecular formula is C19H32O7. The minimum atomic E-state index is -0.699. The smallest absolute Gasteiger partial charge is 0.166 e. The Morgan fingerprint density at radius 2 is 1.54 bits per heavy atom. The van der Waals surface area contributed by atoms with Crippen LogP contribution in [0.1, 0.15) is 46.5 Å². The maximum atomic E-state index is 11.1. The molecule has 0 aromatic heterocycles. The van der Waals surface area contributed by atoms with Gasteiger partial charge in [0.2, 0.25) is 0 Å². The van der Waals surface area contributed by atoms with E-state index in [-0.39, 0.29) is 18.0 Å². The number of allylic oxidation sites excluding steroid dienone is 1. The van der Waals surface area contributed by atoms with E-state index in [1.54, 1.807) is 14.0 Å². The number of carbonyl (C=O) groups is 1. The summed E-state index contributed by atoms with van der Waals surface area (Å²) in [6.07, 6.45) is 2.14. The largest absolute Gasteiger partial charge is 0.502 e. The van der Waals surface area contributed by atoms with Crippen LogP contribution < -0.4 is 0 Å². The molecule has 0 radical (unpaired) electrons. The topological polar surface area (TPSA) is 72.5 Å². The lowest BCUT2D eigenvalue weighted by Crippen LogP contribution is -2.30. The highest BCUT2D eigenvalue weighted by Gasteiger charge is 2.39. The van der Waals surface area contributed by atoms with Crippen molar-refractivity contribution in [2.75, 3.05) is 33.5 Å². The van der Waals surface area contributed by atoms with Crippen molar-refractivity contribution in [3.63, 3.8) is 0 Å². The van der Waals surface area contributed by atoms with Crippen LogP contribution in [0.3, 0.4) is 0 Å². The van der Waals surface area contributed by atoms with Gasteiger partial charge >= 0.3 is 0 Å². The highest BCUT2D eigenvalue weighted by atomic mass is 16.8. The molecule has 0 amide bonds. The van der Waals surface area contributed by atoms with E-state index in [2.05, 4.69) is 6.58 Å². The first-order valence-corrected chi connectivity index (χ1v) is 9.16. The summed E-state index contributed by atoms with van der Waals surface area (Å²) in [5, 5.41) is 0. The van der Waals surface area contributed by atoms with Crippen LogP contribution in [-0.4, -0.2) is 63.1 Å². The molecule has 7 heteroatoms. The highest BCUT2D eigenvalue weighted by Crippen LogP contribution is 2.30. The third kappa shape index (κ3) is 6.63. The molecule has 4 unspecified atom stereocenters. The van der Waals surface area contributed by atoms with E-state index in [0.717, 1.165) is 0 Å². The second-order valence-electron chi connectivity index (χ2n) is 7.35. The number of methoxy groups -OCH3 is 1. The molecule has 150 valence electrons. The molecule has 26 heavy (non-hydrogen) atoms. The predicted molar refractivity (Wildman–Crippen MR) is 94.6 cm³/mol. The monoisotopic (exact) mass is 372 g/mol. The van der Waals surface area contributed by atoms with Crippen LogP contribution >= 0.6 is 0 Å². The zero-order chi connectivity index (χ0) is 19.2. The summed E-state index contributed by atoms with van der Waals surface area (Å²) in [7, 11) is 1.61. The van der Waals surface area contributed by atoms with Crippen molar-refractivity contribution in [1.29, 1.82) is 0 Å². The van der Waals surface area contributed by atoms with Gasteiger partial charge in [0.1, 0.15) is 18.0 Å². The molecule has 7 nitrogen and oxygen atoms in total. The molecule has 2 rings (SSSR count). The molecule has 0 N–H and O–H groups in total. The van der Waals surface area contributed by atoms with Crippen molar-refractivity contribution < 1.29 is 33.2 Å². The zero-order valence-electron chi connectivity index (χ0n) is 16.4. The molecule has 4 atom stereocenters. The molecule has 0 aromatic rings. The molecule has 2 saturated heterocycles. The third-order valence-electron chi connectivity index (χ3n) is 4.67. The minimum absolute atomic E-state index is 0.109. The van der Waals surface area contributed by atoms with Crippen LogP contribution in [0.2, 0.25) is 0 Å². The number of hydrogen-bond acceptors (Lipinski definition) is 7. The molecule has 0 aromatic carbocycles. The van der Waals surface area contributed by atoms with Gasteiger partial charge in [0.05, 0.1) is 39.3 Å². The Labute approximate surface area is 155 Å². The van der Waals surface area contributed by atoms with Gasteiger partial charge in [-0.3, -0.25) is 0 Å². The van der Waals surface area contributed by atoms with E-state index in [1.165, 1.54) is 0 Å². The van der Waals surface area contributed by atoms with Crippen molar-refractivity contribution in [2.24, 2.45) is 0 Å². The maximum Gasteiger partial charge on any atom is 0.166 e. The van der Waals surface area contributed by atoms with Gasteiger partial charge < -0.3 is 33.2 Å². The minimum Gasteiger partial charge on any atom is -0.502 e. The Kier molecular flexibility index (Phi) is 7.61. The Bertz CT molecular complexity index is 494. The Balaban J connectivity index is 1.63. The fraction of sp³-hybridized carbons (Fsp3) is 0.842. The van der Waals surface area contributed by atoms with Gasteiger partial charge in [-0.25, -0.2) is 0 Å². The Morgan fingerprint density at radius 3 is 2.00 bits per heavy atom. The number of ketones is 1. The first-order chi connectivity index (χ1) is 12.2. The maximum absolute atomic E-state index is 11.1. The molecular weight excluding hydrogens is 340 g/mol. The van der Waals surface area contributed by atoms with Gasteiger partial charge in [-0.2, -0.15) is 0 Å². The average molecular weight is 372 g/mol. The standard InChI is InChI=1S/C19H32O7/c1-14(20)6-8-18(3)23-12-16(25-18)10-22-11-17-13-24-19(4,26-17)9-7-15(2)21-5/h16-17H,2,6-13H2,1,3-5H3. The molecule has 0 bridgehead atoms. The lowest BCUT2D eigenvalue weighted by molar-refractivity contribution is -0.173. The van der Waals surface area contributed by atoms with Gasteiger partial charge in [0.15, 0.2) is 11.6 Å². The lowest BCUT2D eigenvalue weighted by Gasteiger charge is -2.24. The van der Waals surface area contributed by atoms with Crippen molar-refractivity contribution in [3.05, 3.63) is 12.3 Å². The molecule has 2 aliphatic heterocycles. The van der Waals surface area contributed by atoms with E-state index in [1.807, 2.05) is 13.8 Å². The van der Waals surface area contributed by atoms with Gasteiger partial charge in [0, 0.05) is 25.7 Å². The zero-order valence-corrected chi connectivity index (χ0v) is 16.4. The predicted octanol–water partition coefficient (Wildman–Crippen LogP) is 2.58. The summed E-state index contributed by atoms with van der Waals surface area (Å²) < 4.78 is 34.1. The first-order valence-electron chi connectivity index (χ1n) is 9.16. The summed E-state index contributed by atoms with van der Waals surface area (Å²) in [5.74, 6) is -0.485. The van der Waals surface area contributed by atoms with Crippen LogP contribution in [0.25, 0.3) is 0 Å². The van der Waals surface area contributed by atoms with Crippen molar-refractivity contribution >= 4 is 5.78 Å². The average Bonchev–Trinajstić information content (AvgIpc) is 3.15. The third-order valence-corrected chi connectivity index (χ3v) is 4.67. The van der Waals surface area contributed by atoms with E-state index in [0.29, 0.717) is 57.9 Å². The van der Waals surface area contributed by atoms with Crippen LogP contribution in [0.4, 0.5) is 0 Å². The molecule has 2 fully saturated rings. The first kappa shape index (κ1) is 21.3. The quantitative estimate of drug-likeness (QED) is 0.516. The van der Waals surface area contributed by atoms with Gasteiger partial charge in [-0.05, 0) is 20.8 Å².